The van der Waals surface area contributed by atoms with Crippen LogP contribution in [-0.4, -0.2) is 27.7 Å². The minimum atomic E-state index is -4.38. The van der Waals surface area contributed by atoms with Crippen molar-refractivity contribution < 1.29 is 32.3 Å². The number of nitrogens with zero attached hydrogens (tertiary/aromatic N) is 1. The van der Waals surface area contributed by atoms with Gasteiger partial charge in [-0.3, -0.25) is 4.21 Å². The van der Waals surface area contributed by atoms with Gasteiger partial charge in [0.05, 0.1) is 17.1 Å². The summed E-state index contributed by atoms with van der Waals surface area (Å²) >= 11 is 6.94. The number of nitrogens with two attached hydrogens (primary N) is 2. The number of halogens is 4. The number of aromatic carboxylic acids is 1. The number of anilines is 2. The van der Waals surface area contributed by atoms with Crippen LogP contribution in [-0.2, 0) is 23.4 Å². The van der Waals surface area contributed by atoms with Crippen molar-refractivity contribution in [2.24, 2.45) is 0 Å². The Bertz CT molecular complexity index is 1480. The van der Waals surface area contributed by atoms with Gasteiger partial charge in [-0.2, -0.15) is 13.2 Å². The van der Waals surface area contributed by atoms with Gasteiger partial charge in [0.15, 0.2) is 0 Å². The summed E-state index contributed by atoms with van der Waals surface area (Å²) < 4.78 is 46.8. The van der Waals surface area contributed by atoms with Crippen molar-refractivity contribution in [3.63, 3.8) is 0 Å². The van der Waals surface area contributed by atoms with E-state index in [4.69, 9.17) is 23.1 Å². The lowest BCUT2D eigenvalue weighted by Crippen LogP contribution is -2.22. The maximum atomic E-state index is 12.4. The molecule has 13 heteroatoms. The van der Waals surface area contributed by atoms with Crippen LogP contribution in [0.1, 0.15) is 28.5 Å². The highest BCUT2D eigenvalue weighted by molar-refractivity contribution is 7.99. The number of hydrogen-bond donors (Lipinski definition) is 2. The smallest absolute Gasteiger partial charge is 0.416 e. The van der Waals surface area contributed by atoms with E-state index in [2.05, 4.69) is 9.97 Å². The number of nitrogens with one attached hydrogen (secondary N) is 1. The third kappa shape index (κ3) is 10.7. The molecule has 0 saturated carbocycles. The van der Waals surface area contributed by atoms with Gasteiger partial charge in [0.2, 0.25) is 5.82 Å². The minimum absolute atomic E-state index is 0.0115. The van der Waals surface area contributed by atoms with Crippen LogP contribution in [0.15, 0.2) is 82.6 Å². The van der Waals surface area contributed by atoms with E-state index in [9.17, 15) is 27.3 Å². The van der Waals surface area contributed by atoms with Crippen LogP contribution < -0.4 is 21.6 Å². The first-order valence-electron chi connectivity index (χ1n) is 11.9. The topological polar surface area (TPSA) is 136 Å². The summed E-state index contributed by atoms with van der Waals surface area (Å²) in [7, 11) is -0.611. The molecule has 218 valence electrons. The maximum Gasteiger partial charge on any atom is 0.416 e. The van der Waals surface area contributed by atoms with Crippen molar-refractivity contribution in [1.82, 2.24) is 4.98 Å². The highest BCUT2D eigenvalue weighted by atomic mass is 35.5. The molecule has 0 radical (unpaired) electrons. The van der Waals surface area contributed by atoms with E-state index in [1.807, 2.05) is 31.2 Å². The Kier molecular flexibility index (Phi) is 12.6. The molecule has 0 aliphatic carbocycles. The van der Waals surface area contributed by atoms with Crippen LogP contribution in [0.5, 0.6) is 0 Å². The van der Waals surface area contributed by atoms with Crippen LogP contribution in [0.2, 0.25) is 5.02 Å². The molecule has 0 aliphatic rings. The van der Waals surface area contributed by atoms with Crippen LogP contribution >= 0.6 is 23.4 Å². The summed E-state index contributed by atoms with van der Waals surface area (Å²) in [6, 6.07) is 18.2. The zero-order valence-electron chi connectivity index (χ0n) is 22.3. The van der Waals surface area contributed by atoms with Crippen molar-refractivity contribution in [2.75, 3.05) is 24.0 Å². The largest absolute Gasteiger partial charge is 0.545 e. The van der Waals surface area contributed by atoms with Gasteiger partial charge in [-0.1, -0.05) is 60.6 Å². The lowest BCUT2D eigenvalue weighted by atomic mass is 10.0. The van der Waals surface area contributed by atoms with Crippen LogP contribution in [0, 0.1) is 0 Å². The first-order chi connectivity index (χ1) is 19.2. The predicted octanol–water partition coefficient (Wildman–Crippen LogP) is 5.16. The Balaban J connectivity index is 0.000000256. The lowest BCUT2D eigenvalue weighted by molar-refractivity contribution is -0.346. The van der Waals surface area contributed by atoms with Crippen molar-refractivity contribution in [3.05, 3.63) is 94.6 Å². The van der Waals surface area contributed by atoms with Gasteiger partial charge < -0.3 is 21.4 Å². The Morgan fingerprint density at radius 2 is 1.59 bits per heavy atom. The van der Waals surface area contributed by atoms with Crippen molar-refractivity contribution in [2.45, 2.75) is 29.3 Å². The van der Waals surface area contributed by atoms with Crippen molar-refractivity contribution in [3.8, 4) is 11.1 Å². The number of nitrogen functional groups attached to an aromatic ring is 2. The molecule has 41 heavy (non-hydrogen) atoms. The molecule has 4 aromatic rings. The summed E-state index contributed by atoms with van der Waals surface area (Å²) in [4.78, 5) is 19.0. The van der Waals surface area contributed by atoms with Crippen molar-refractivity contribution in [1.29, 1.82) is 0 Å². The fourth-order valence-electron chi connectivity index (χ4n) is 3.34. The quantitative estimate of drug-likeness (QED) is 0.313. The highest BCUT2D eigenvalue weighted by Gasteiger charge is 2.30. The van der Waals surface area contributed by atoms with E-state index in [0.29, 0.717) is 26.6 Å². The number of carboxylic acid groups (broad SMARTS) is 1. The summed E-state index contributed by atoms with van der Waals surface area (Å²) in [6.45, 7) is 2.01. The van der Waals surface area contributed by atoms with Gasteiger partial charge in [0, 0.05) is 43.7 Å². The Hall–Kier alpha value is -3.61. The van der Waals surface area contributed by atoms with Gasteiger partial charge in [-0.05, 0) is 54.4 Å². The molecule has 7 nitrogen and oxygen atoms in total. The zero-order chi connectivity index (χ0) is 30.7. The summed E-state index contributed by atoms with van der Waals surface area (Å²) in [6.07, 6.45) is -0.340. The number of alkyl halides is 3. The van der Waals surface area contributed by atoms with E-state index >= 15 is 0 Å². The minimum Gasteiger partial charge on any atom is -0.545 e. The maximum absolute atomic E-state index is 12.4. The van der Waals surface area contributed by atoms with Gasteiger partial charge >= 0.3 is 12.1 Å². The zero-order valence-corrected chi connectivity index (χ0v) is 24.7. The van der Waals surface area contributed by atoms with E-state index in [-0.39, 0.29) is 5.56 Å². The van der Waals surface area contributed by atoms with Crippen molar-refractivity contribution >= 4 is 51.9 Å². The first-order valence-corrected chi connectivity index (χ1v) is 15.0. The second-order valence-corrected chi connectivity index (χ2v) is 11.4. The summed E-state index contributed by atoms with van der Waals surface area (Å²) in [5, 5.41) is 11.6. The number of benzene rings is 3. The Labute approximate surface area is 247 Å². The molecular weight excluding hydrogens is 597 g/mol. The number of carbonyl (C=O) groups is 1. The molecule has 1 heterocycles. The number of hydrogen-bond acceptors (Lipinski definition) is 7. The highest BCUT2D eigenvalue weighted by Crippen LogP contribution is 2.34. The Morgan fingerprint density at radius 3 is 2.10 bits per heavy atom. The molecule has 0 aliphatic heterocycles. The molecule has 1 aromatic heterocycles. The second-order valence-electron chi connectivity index (χ2n) is 8.37. The normalized spacial score (nSPS) is 10.7. The second kappa shape index (κ2) is 15.4. The van der Waals surface area contributed by atoms with Gasteiger partial charge in [0.1, 0.15) is 5.69 Å². The Morgan fingerprint density at radius 1 is 1.02 bits per heavy atom. The number of aryl methyl sites for hydroxylation is 1. The van der Waals surface area contributed by atoms with E-state index < -0.39 is 28.5 Å². The first kappa shape index (κ1) is 33.6. The molecule has 0 amide bonds. The number of H-pyrrole nitrogens is 1. The molecule has 4 rings (SSSR count). The van der Waals surface area contributed by atoms with Crippen LogP contribution in [0.4, 0.5) is 24.9 Å². The molecule has 3 aromatic carbocycles. The molecule has 0 unspecified atom stereocenters. The fraction of sp³-hybridized carbons (Fsp3) is 0.179. The van der Waals surface area contributed by atoms with Crippen LogP contribution in [0.3, 0.4) is 0 Å². The third-order valence-electron chi connectivity index (χ3n) is 5.06. The average Bonchev–Trinajstić information content (AvgIpc) is 2.89. The fourth-order valence-corrected chi connectivity index (χ4v) is 4.40. The number of carboxylic acids is 1. The molecule has 0 spiro atoms. The number of aromatic amines is 1. The van der Waals surface area contributed by atoms with E-state index in [0.717, 1.165) is 47.1 Å². The number of aromatic nitrogens is 2. The third-order valence-corrected chi connectivity index (χ3v) is 6.40. The molecule has 0 atom stereocenters. The predicted molar refractivity (Wildman–Crippen MR) is 156 cm³/mol. The molecular formula is C28H28ClF3N4O3S2. The molecule has 0 fully saturated rings. The van der Waals surface area contributed by atoms with Gasteiger partial charge in [-0.15, -0.1) is 4.98 Å². The monoisotopic (exact) mass is 624 g/mol. The number of carbonyl (C=O) groups excluding carboxylic acids is 1. The summed E-state index contributed by atoms with van der Waals surface area (Å²) in [5.74, 6) is -0.464. The molecule has 0 bridgehead atoms. The standard InChI is InChI=1S/C14H9F3O2S.C12H13ClN4.C2H6OS/c15-14(16,17)9-5-7-10(8-6-9)20-12-4-2-1-3-11(12)13(18)19;1-2-9-10(11(14)17-12(15)16-9)7-3-5-8(13)6-4-7;1-4(2)3/h1-8H,(H,18,19);3-6H,2H2,1H3,(H4,14,15,16,17);1-2H3. The number of rotatable bonds is 5. The van der Waals surface area contributed by atoms with Gasteiger partial charge in [-0.25, -0.2) is 4.98 Å². The van der Waals surface area contributed by atoms with E-state index in [1.54, 1.807) is 30.7 Å². The summed E-state index contributed by atoms with van der Waals surface area (Å²) in [5.41, 5.74) is 13.6. The van der Waals surface area contributed by atoms with Crippen LogP contribution in [0.25, 0.3) is 11.1 Å². The van der Waals surface area contributed by atoms with Gasteiger partial charge in [0.25, 0.3) is 0 Å². The van der Waals surface area contributed by atoms with E-state index in [1.165, 1.54) is 18.2 Å². The molecule has 0 saturated heterocycles. The molecule has 5 N–H and O–H groups in total. The lowest BCUT2D eigenvalue weighted by Gasteiger charge is -2.10. The SMILES string of the molecule is CCc1nc(N)[nH+]c(N)c1-c1ccc(Cl)cc1.CS(C)=O.O=C([O-])c1ccccc1Sc1ccc(C(F)(F)F)cc1. The average molecular weight is 625 g/mol.